The summed E-state index contributed by atoms with van der Waals surface area (Å²) >= 11 is 0. The van der Waals surface area contributed by atoms with E-state index in [0.717, 1.165) is 23.2 Å². The Labute approximate surface area is 116 Å². The summed E-state index contributed by atoms with van der Waals surface area (Å²) in [5, 5.41) is 7.32. The van der Waals surface area contributed by atoms with Gasteiger partial charge in [-0.05, 0) is 35.2 Å². The number of nitrogens with one attached hydrogen (secondary N) is 1. The van der Waals surface area contributed by atoms with Gasteiger partial charge in [0.05, 0.1) is 5.69 Å². The van der Waals surface area contributed by atoms with Gasteiger partial charge in [0, 0.05) is 23.9 Å². The van der Waals surface area contributed by atoms with Crippen LogP contribution in [0.5, 0.6) is 0 Å². The Balaban J connectivity index is 1.82. The van der Waals surface area contributed by atoms with Gasteiger partial charge in [0.25, 0.3) is 0 Å². The van der Waals surface area contributed by atoms with E-state index in [0.29, 0.717) is 11.7 Å². The van der Waals surface area contributed by atoms with Gasteiger partial charge in [-0.3, -0.25) is 10.1 Å². The highest BCUT2D eigenvalue weighted by Gasteiger charge is 2.31. The quantitative estimate of drug-likeness (QED) is 0.746. The van der Waals surface area contributed by atoms with Gasteiger partial charge in [-0.25, -0.2) is 0 Å². The Bertz CT molecular complexity index is 761. The molecule has 2 aromatic heterocycles. The van der Waals surface area contributed by atoms with E-state index in [-0.39, 0.29) is 0 Å². The van der Waals surface area contributed by atoms with Crippen molar-refractivity contribution < 1.29 is 0 Å². The fourth-order valence-corrected chi connectivity index (χ4v) is 2.96. The van der Waals surface area contributed by atoms with Crippen molar-refractivity contribution in [3.05, 3.63) is 65.6 Å². The van der Waals surface area contributed by atoms with Gasteiger partial charge in [0.1, 0.15) is 0 Å². The van der Waals surface area contributed by atoms with Crippen molar-refractivity contribution in [2.75, 3.05) is 5.73 Å². The summed E-state index contributed by atoms with van der Waals surface area (Å²) in [5.74, 6) is 0.912. The number of fused-ring (bicyclic) bond motifs is 1. The summed E-state index contributed by atoms with van der Waals surface area (Å²) in [4.78, 5) is 4.06. The number of rotatable bonds is 2. The minimum Gasteiger partial charge on any atom is -0.382 e. The average molecular weight is 262 g/mol. The highest BCUT2D eigenvalue weighted by Crippen LogP contribution is 2.43. The summed E-state index contributed by atoms with van der Waals surface area (Å²) in [6, 6.07) is 12.5. The highest BCUT2D eigenvalue weighted by atomic mass is 15.2. The molecule has 1 unspecified atom stereocenters. The highest BCUT2D eigenvalue weighted by molar-refractivity contribution is 5.77. The topological polar surface area (TPSA) is 67.6 Å². The predicted molar refractivity (Wildman–Crippen MR) is 78.2 cm³/mol. The molecule has 1 aromatic carbocycles. The van der Waals surface area contributed by atoms with Crippen molar-refractivity contribution >= 4 is 5.82 Å². The minimum absolute atomic E-state index is 0.360. The van der Waals surface area contributed by atoms with Crippen LogP contribution >= 0.6 is 0 Å². The van der Waals surface area contributed by atoms with Gasteiger partial charge in [0.15, 0.2) is 5.82 Å². The van der Waals surface area contributed by atoms with Crippen LogP contribution in [0.3, 0.4) is 0 Å². The number of hydrogen-bond acceptors (Lipinski definition) is 3. The van der Waals surface area contributed by atoms with Crippen LogP contribution in [0, 0.1) is 0 Å². The summed E-state index contributed by atoms with van der Waals surface area (Å²) in [5.41, 5.74) is 12.0. The van der Waals surface area contributed by atoms with Gasteiger partial charge in [-0.1, -0.05) is 24.3 Å². The lowest BCUT2D eigenvalue weighted by atomic mass is 9.74. The molecule has 3 N–H and O–H groups in total. The van der Waals surface area contributed by atoms with Crippen LogP contribution in [-0.2, 0) is 6.42 Å². The molecule has 1 aliphatic rings. The second-order valence-electron chi connectivity index (χ2n) is 5.09. The fraction of sp³-hybridized carbons (Fsp3) is 0.125. The summed E-state index contributed by atoms with van der Waals surface area (Å²) < 4.78 is 0. The maximum atomic E-state index is 6.05. The molecule has 0 aliphatic heterocycles. The Kier molecular flexibility index (Phi) is 2.36. The zero-order chi connectivity index (χ0) is 13.5. The molecule has 4 nitrogen and oxygen atoms in total. The first-order valence-electron chi connectivity index (χ1n) is 6.66. The Hall–Kier alpha value is -2.62. The van der Waals surface area contributed by atoms with Crippen LogP contribution in [0.4, 0.5) is 5.82 Å². The maximum Gasteiger partial charge on any atom is 0.153 e. The van der Waals surface area contributed by atoms with Crippen molar-refractivity contribution in [2.24, 2.45) is 0 Å². The molecule has 0 bridgehead atoms. The molecule has 20 heavy (non-hydrogen) atoms. The van der Waals surface area contributed by atoms with Crippen LogP contribution in [0.15, 0.2) is 48.8 Å². The average Bonchev–Trinajstić information content (AvgIpc) is 2.83. The smallest absolute Gasteiger partial charge is 0.153 e. The van der Waals surface area contributed by atoms with E-state index in [1.165, 1.54) is 11.1 Å². The van der Waals surface area contributed by atoms with Crippen LogP contribution in [0.25, 0.3) is 11.1 Å². The van der Waals surface area contributed by atoms with E-state index in [9.17, 15) is 0 Å². The number of aromatic nitrogens is 3. The number of hydrogen-bond donors (Lipinski definition) is 2. The lowest BCUT2D eigenvalue weighted by molar-refractivity contribution is 0.683. The molecule has 4 heteroatoms. The number of H-pyrrole nitrogens is 1. The van der Waals surface area contributed by atoms with E-state index < -0.39 is 0 Å². The molecule has 0 spiro atoms. The molecule has 1 aliphatic carbocycles. The van der Waals surface area contributed by atoms with Gasteiger partial charge >= 0.3 is 0 Å². The van der Waals surface area contributed by atoms with E-state index in [1.807, 2.05) is 12.1 Å². The summed E-state index contributed by atoms with van der Waals surface area (Å²) in [7, 11) is 0. The summed E-state index contributed by atoms with van der Waals surface area (Å²) in [6.07, 6.45) is 4.59. The molecule has 3 aromatic rings. The SMILES string of the molecule is Nc1n[nH]c(C2Cc3ccccc32)c1-c1ccncc1. The zero-order valence-corrected chi connectivity index (χ0v) is 10.9. The zero-order valence-electron chi connectivity index (χ0n) is 10.9. The predicted octanol–water partition coefficient (Wildman–Crippen LogP) is 2.74. The lowest BCUT2D eigenvalue weighted by Crippen LogP contribution is -2.19. The minimum atomic E-state index is 0.360. The van der Waals surface area contributed by atoms with Gasteiger partial charge in [-0.15, -0.1) is 0 Å². The Morgan fingerprint density at radius 2 is 1.90 bits per heavy atom. The molecular formula is C16H14N4. The van der Waals surface area contributed by atoms with Crippen LogP contribution < -0.4 is 5.73 Å². The number of aromatic amines is 1. The molecular weight excluding hydrogens is 248 g/mol. The van der Waals surface area contributed by atoms with Crippen molar-refractivity contribution in [1.29, 1.82) is 0 Å². The number of anilines is 1. The molecule has 4 rings (SSSR count). The Morgan fingerprint density at radius 3 is 2.70 bits per heavy atom. The van der Waals surface area contributed by atoms with Crippen molar-refractivity contribution in [1.82, 2.24) is 15.2 Å². The molecule has 2 heterocycles. The molecule has 98 valence electrons. The number of nitrogens with zero attached hydrogens (tertiary/aromatic N) is 2. The lowest BCUT2D eigenvalue weighted by Gasteiger charge is -2.30. The van der Waals surface area contributed by atoms with E-state index in [2.05, 4.69) is 39.4 Å². The third kappa shape index (κ3) is 1.54. The fourth-order valence-electron chi connectivity index (χ4n) is 2.96. The Morgan fingerprint density at radius 1 is 1.10 bits per heavy atom. The van der Waals surface area contributed by atoms with Gasteiger partial charge in [-0.2, -0.15) is 5.10 Å². The van der Waals surface area contributed by atoms with E-state index >= 15 is 0 Å². The van der Waals surface area contributed by atoms with Crippen LogP contribution in [0.2, 0.25) is 0 Å². The third-order valence-electron chi connectivity index (χ3n) is 3.99. The van der Waals surface area contributed by atoms with Crippen molar-refractivity contribution in [2.45, 2.75) is 12.3 Å². The number of benzene rings is 1. The summed E-state index contributed by atoms with van der Waals surface area (Å²) in [6.45, 7) is 0. The van der Waals surface area contributed by atoms with Crippen LogP contribution in [-0.4, -0.2) is 15.2 Å². The van der Waals surface area contributed by atoms with Crippen molar-refractivity contribution in [3.63, 3.8) is 0 Å². The molecule has 0 saturated heterocycles. The van der Waals surface area contributed by atoms with E-state index in [4.69, 9.17) is 5.73 Å². The largest absolute Gasteiger partial charge is 0.382 e. The van der Waals surface area contributed by atoms with E-state index in [1.54, 1.807) is 12.4 Å². The van der Waals surface area contributed by atoms with Gasteiger partial charge < -0.3 is 5.73 Å². The molecule has 0 amide bonds. The molecule has 1 atom stereocenters. The van der Waals surface area contributed by atoms with Crippen LogP contribution in [0.1, 0.15) is 22.7 Å². The number of nitrogens with two attached hydrogens (primary N) is 1. The maximum absolute atomic E-state index is 6.05. The standard InChI is InChI=1S/C16H14N4/c17-16-14(10-5-7-18-8-6-10)15(19-20-16)13-9-11-3-1-2-4-12(11)13/h1-8,13H,9H2,(H3,17,19,20). The monoisotopic (exact) mass is 262 g/mol. The van der Waals surface area contributed by atoms with Crippen molar-refractivity contribution in [3.8, 4) is 11.1 Å². The first-order valence-corrected chi connectivity index (χ1v) is 6.66. The first-order chi connectivity index (χ1) is 9.84. The first kappa shape index (κ1) is 11.2. The second-order valence-corrected chi connectivity index (χ2v) is 5.09. The molecule has 0 saturated carbocycles. The molecule has 0 radical (unpaired) electrons. The molecule has 0 fully saturated rings. The number of nitrogen functional groups attached to an aromatic ring is 1. The number of pyridine rings is 1. The third-order valence-corrected chi connectivity index (χ3v) is 3.99. The second kappa shape index (κ2) is 4.20. The normalized spacial score (nSPS) is 16.5. The van der Waals surface area contributed by atoms with Gasteiger partial charge in [0.2, 0.25) is 0 Å².